The van der Waals surface area contributed by atoms with E-state index in [0.29, 0.717) is 5.15 Å². The number of hydrogen-bond donors (Lipinski definition) is 1. The molecule has 0 radical (unpaired) electrons. The Balaban J connectivity index is 3.43. The molecule has 0 amide bonds. The molecule has 1 heterocycles. The predicted octanol–water partition coefficient (Wildman–Crippen LogP) is 1.99. The topological polar surface area (TPSA) is 32.9 Å². The van der Waals surface area contributed by atoms with Gasteiger partial charge in [-0.05, 0) is 18.6 Å². The van der Waals surface area contributed by atoms with Crippen molar-refractivity contribution in [3.8, 4) is 0 Å². The van der Waals surface area contributed by atoms with Crippen LogP contribution in [0.2, 0.25) is 10.2 Å². The standard InChI is InChI=1S/C6H5Cl2NO/c1-3-2-4(7)6(10)9-5(3)8/h2H,1H3,(H,9,10). The molecule has 1 aromatic heterocycles. The van der Waals surface area contributed by atoms with E-state index in [1.54, 1.807) is 6.92 Å². The van der Waals surface area contributed by atoms with Gasteiger partial charge in [-0.15, -0.1) is 0 Å². The van der Waals surface area contributed by atoms with Crippen LogP contribution in [-0.2, 0) is 0 Å². The highest BCUT2D eigenvalue weighted by Gasteiger charge is 1.99. The highest BCUT2D eigenvalue weighted by atomic mass is 35.5. The summed E-state index contributed by atoms with van der Waals surface area (Å²) in [5.74, 6) is 0. The Morgan fingerprint density at radius 2 is 2.10 bits per heavy atom. The first-order valence-corrected chi connectivity index (χ1v) is 3.42. The van der Waals surface area contributed by atoms with Gasteiger partial charge >= 0.3 is 0 Å². The smallest absolute Gasteiger partial charge is 0.267 e. The minimum absolute atomic E-state index is 0.168. The quantitative estimate of drug-likeness (QED) is 0.605. The van der Waals surface area contributed by atoms with Gasteiger partial charge in [-0.1, -0.05) is 23.2 Å². The third-order valence-electron chi connectivity index (χ3n) is 1.13. The summed E-state index contributed by atoms with van der Waals surface area (Å²) in [6, 6.07) is 1.53. The van der Waals surface area contributed by atoms with Gasteiger partial charge in [-0.3, -0.25) is 4.79 Å². The van der Waals surface area contributed by atoms with Crippen LogP contribution >= 0.6 is 23.2 Å². The number of hydrogen-bond acceptors (Lipinski definition) is 1. The fourth-order valence-corrected chi connectivity index (χ4v) is 0.928. The van der Waals surface area contributed by atoms with Crippen molar-refractivity contribution in [1.82, 2.24) is 4.98 Å². The normalized spacial score (nSPS) is 9.90. The average Bonchev–Trinajstić information content (AvgIpc) is 1.84. The zero-order chi connectivity index (χ0) is 7.72. The Morgan fingerprint density at radius 1 is 1.50 bits per heavy atom. The van der Waals surface area contributed by atoms with Gasteiger partial charge < -0.3 is 4.98 Å². The van der Waals surface area contributed by atoms with Crippen molar-refractivity contribution in [2.45, 2.75) is 6.92 Å². The van der Waals surface area contributed by atoms with Crippen LogP contribution in [0.25, 0.3) is 0 Å². The summed E-state index contributed by atoms with van der Waals surface area (Å²) >= 11 is 11.1. The number of aryl methyl sites for hydroxylation is 1. The molecule has 0 fully saturated rings. The van der Waals surface area contributed by atoms with Gasteiger partial charge in [0.05, 0.1) is 0 Å². The number of aromatic nitrogens is 1. The first kappa shape index (κ1) is 7.63. The predicted molar refractivity (Wildman–Crippen MR) is 41.8 cm³/mol. The van der Waals surface area contributed by atoms with Gasteiger partial charge in [0.15, 0.2) is 0 Å². The lowest BCUT2D eigenvalue weighted by Crippen LogP contribution is -2.06. The highest BCUT2D eigenvalue weighted by molar-refractivity contribution is 6.32. The van der Waals surface area contributed by atoms with Gasteiger partial charge in [0.2, 0.25) is 0 Å². The lowest BCUT2D eigenvalue weighted by atomic mass is 10.3. The fourth-order valence-electron chi connectivity index (χ4n) is 0.577. The van der Waals surface area contributed by atoms with Crippen molar-refractivity contribution in [1.29, 1.82) is 0 Å². The van der Waals surface area contributed by atoms with E-state index >= 15 is 0 Å². The number of H-pyrrole nitrogens is 1. The van der Waals surface area contributed by atoms with E-state index in [1.807, 2.05) is 0 Å². The Bertz CT molecular complexity index is 305. The summed E-state index contributed by atoms with van der Waals surface area (Å²) in [4.78, 5) is 13.1. The van der Waals surface area contributed by atoms with Crippen molar-refractivity contribution < 1.29 is 0 Å². The van der Waals surface area contributed by atoms with Crippen LogP contribution < -0.4 is 5.56 Å². The van der Waals surface area contributed by atoms with Gasteiger partial charge in [-0.25, -0.2) is 0 Å². The molecular formula is C6H5Cl2NO. The van der Waals surface area contributed by atoms with Crippen molar-refractivity contribution in [2.24, 2.45) is 0 Å². The molecule has 0 bridgehead atoms. The molecule has 0 saturated heterocycles. The second-order valence-electron chi connectivity index (χ2n) is 1.94. The van der Waals surface area contributed by atoms with Crippen LogP contribution in [-0.4, -0.2) is 4.98 Å². The maximum absolute atomic E-state index is 10.7. The monoisotopic (exact) mass is 177 g/mol. The summed E-state index contributed by atoms with van der Waals surface area (Å²) in [5, 5.41) is 0.510. The first-order valence-electron chi connectivity index (χ1n) is 2.66. The van der Waals surface area contributed by atoms with Crippen LogP contribution in [0.15, 0.2) is 10.9 Å². The molecule has 10 heavy (non-hydrogen) atoms. The fraction of sp³-hybridized carbons (Fsp3) is 0.167. The molecule has 54 valence electrons. The van der Waals surface area contributed by atoms with E-state index in [0.717, 1.165) is 5.56 Å². The molecule has 4 heteroatoms. The van der Waals surface area contributed by atoms with Crippen LogP contribution in [0.4, 0.5) is 0 Å². The van der Waals surface area contributed by atoms with Crippen LogP contribution in [0.1, 0.15) is 5.56 Å². The molecule has 1 rings (SSSR count). The molecule has 0 atom stereocenters. The number of aromatic amines is 1. The van der Waals surface area contributed by atoms with E-state index in [-0.39, 0.29) is 10.6 Å². The molecule has 0 spiro atoms. The molecule has 1 aromatic rings. The second kappa shape index (κ2) is 2.64. The van der Waals surface area contributed by atoms with Crippen molar-refractivity contribution in [3.05, 3.63) is 32.2 Å². The van der Waals surface area contributed by atoms with Crippen molar-refractivity contribution in [2.75, 3.05) is 0 Å². The largest absolute Gasteiger partial charge is 0.311 e. The van der Waals surface area contributed by atoms with E-state index < -0.39 is 0 Å². The van der Waals surface area contributed by atoms with Crippen molar-refractivity contribution in [3.63, 3.8) is 0 Å². The number of nitrogens with one attached hydrogen (secondary N) is 1. The third kappa shape index (κ3) is 1.33. The Labute approximate surface area is 67.8 Å². The Kier molecular flexibility index (Phi) is 2.02. The highest BCUT2D eigenvalue weighted by Crippen LogP contribution is 2.11. The Morgan fingerprint density at radius 3 is 2.60 bits per heavy atom. The van der Waals surface area contributed by atoms with Crippen LogP contribution in [0, 0.1) is 6.92 Å². The lowest BCUT2D eigenvalue weighted by Gasteiger charge is -1.95. The molecule has 0 aliphatic carbocycles. The maximum atomic E-state index is 10.7. The van der Waals surface area contributed by atoms with Gasteiger partial charge in [-0.2, -0.15) is 0 Å². The SMILES string of the molecule is Cc1cc(Cl)c(=O)[nH]c1Cl. The van der Waals surface area contributed by atoms with E-state index in [2.05, 4.69) is 4.98 Å². The van der Waals surface area contributed by atoms with Crippen LogP contribution in [0.5, 0.6) is 0 Å². The van der Waals surface area contributed by atoms with Crippen molar-refractivity contribution >= 4 is 23.2 Å². The summed E-state index contributed by atoms with van der Waals surface area (Å²) in [6.07, 6.45) is 0. The van der Waals surface area contributed by atoms with E-state index in [1.165, 1.54) is 6.07 Å². The first-order chi connectivity index (χ1) is 4.61. The Hall–Kier alpha value is -0.470. The lowest BCUT2D eigenvalue weighted by molar-refractivity contribution is 1.20. The molecule has 0 aromatic carbocycles. The summed E-state index contributed by atoms with van der Waals surface area (Å²) in [5.41, 5.74) is 0.420. The number of pyridine rings is 1. The minimum Gasteiger partial charge on any atom is -0.311 e. The minimum atomic E-state index is -0.350. The van der Waals surface area contributed by atoms with E-state index in [4.69, 9.17) is 23.2 Å². The van der Waals surface area contributed by atoms with Gasteiger partial charge in [0.25, 0.3) is 5.56 Å². The summed E-state index contributed by atoms with van der Waals surface area (Å²) in [7, 11) is 0. The number of rotatable bonds is 0. The van der Waals surface area contributed by atoms with Gasteiger partial charge in [0.1, 0.15) is 10.2 Å². The zero-order valence-corrected chi connectivity index (χ0v) is 6.75. The van der Waals surface area contributed by atoms with Gasteiger partial charge in [0, 0.05) is 0 Å². The third-order valence-corrected chi connectivity index (χ3v) is 1.80. The molecule has 2 nitrogen and oxygen atoms in total. The maximum Gasteiger partial charge on any atom is 0.267 e. The summed E-state index contributed by atoms with van der Waals surface area (Å²) < 4.78 is 0. The molecular weight excluding hydrogens is 173 g/mol. The molecule has 1 N–H and O–H groups in total. The summed E-state index contributed by atoms with van der Waals surface area (Å²) in [6.45, 7) is 1.77. The number of halogens is 2. The zero-order valence-electron chi connectivity index (χ0n) is 5.24. The second-order valence-corrected chi connectivity index (χ2v) is 2.73. The molecule has 0 aliphatic heterocycles. The molecule has 0 unspecified atom stereocenters. The average molecular weight is 178 g/mol. The van der Waals surface area contributed by atoms with Crippen LogP contribution in [0.3, 0.4) is 0 Å². The van der Waals surface area contributed by atoms with E-state index in [9.17, 15) is 4.79 Å². The molecule has 0 saturated carbocycles. The molecule has 0 aliphatic rings.